The summed E-state index contributed by atoms with van der Waals surface area (Å²) < 4.78 is 0. The summed E-state index contributed by atoms with van der Waals surface area (Å²) in [6, 6.07) is 6.32. The Kier molecular flexibility index (Phi) is 5.00. The zero-order valence-corrected chi connectivity index (χ0v) is 17.8. The summed E-state index contributed by atoms with van der Waals surface area (Å²) in [7, 11) is 5.74. The maximum Gasteiger partial charge on any atom is 0.328 e. The van der Waals surface area contributed by atoms with Gasteiger partial charge in [-0.05, 0) is 38.7 Å². The molecule has 9 heteroatoms. The lowest BCUT2D eigenvalue weighted by atomic mass is 10.1. The van der Waals surface area contributed by atoms with Gasteiger partial charge in [0.2, 0.25) is 5.96 Å². The Morgan fingerprint density at radius 1 is 1.21 bits per heavy atom. The van der Waals surface area contributed by atoms with Crippen molar-refractivity contribution in [3.05, 3.63) is 46.7 Å². The highest BCUT2D eigenvalue weighted by Crippen LogP contribution is 2.34. The molecule has 0 N–H and O–H groups in total. The molecular formula is C20H25ClN6O2. The first-order chi connectivity index (χ1) is 13.8. The van der Waals surface area contributed by atoms with Gasteiger partial charge in [0.05, 0.1) is 6.54 Å². The van der Waals surface area contributed by atoms with Crippen molar-refractivity contribution in [2.24, 2.45) is 4.99 Å². The van der Waals surface area contributed by atoms with Crippen molar-refractivity contribution in [3.8, 4) is 0 Å². The van der Waals surface area contributed by atoms with Gasteiger partial charge in [0, 0.05) is 37.1 Å². The fraction of sp³-hybridized carbons (Fsp3) is 0.450. The average Bonchev–Trinajstić information content (AvgIpc) is 3.16. The summed E-state index contributed by atoms with van der Waals surface area (Å²) in [6.45, 7) is 3.82. The van der Waals surface area contributed by atoms with Crippen molar-refractivity contribution < 1.29 is 9.59 Å². The van der Waals surface area contributed by atoms with E-state index in [0.29, 0.717) is 5.02 Å². The standard InChI is InChI=1S/C20H25ClN6O2/c1-13-11-26-16-17(22-19(26)25(13)9-8-23(2)3)24(4)20(29)27(18(16)28)12-14-6-5-7-15(21)10-14/h5-7,10-11,16-17H,8-9,12H2,1-4H3. The molecule has 1 aromatic rings. The van der Waals surface area contributed by atoms with Crippen LogP contribution in [0, 0.1) is 0 Å². The topological polar surface area (TPSA) is 62.7 Å². The maximum atomic E-state index is 13.3. The number of amides is 3. The Bertz CT molecular complexity index is 914. The molecule has 0 aromatic heterocycles. The number of urea groups is 1. The maximum absolute atomic E-state index is 13.3. The third kappa shape index (κ3) is 3.36. The smallest absolute Gasteiger partial charge is 0.313 e. The molecule has 29 heavy (non-hydrogen) atoms. The summed E-state index contributed by atoms with van der Waals surface area (Å²) >= 11 is 6.07. The minimum absolute atomic E-state index is 0.183. The third-order valence-corrected chi connectivity index (χ3v) is 5.74. The lowest BCUT2D eigenvalue weighted by Gasteiger charge is -2.40. The van der Waals surface area contributed by atoms with Crippen molar-refractivity contribution in [3.63, 3.8) is 0 Å². The van der Waals surface area contributed by atoms with E-state index in [0.717, 1.165) is 30.3 Å². The van der Waals surface area contributed by atoms with Gasteiger partial charge in [-0.15, -0.1) is 0 Å². The molecule has 3 heterocycles. The fourth-order valence-corrected chi connectivity index (χ4v) is 4.15. The van der Waals surface area contributed by atoms with Gasteiger partial charge in [-0.3, -0.25) is 9.69 Å². The van der Waals surface area contributed by atoms with Crippen LogP contribution >= 0.6 is 11.6 Å². The molecule has 0 radical (unpaired) electrons. The fourth-order valence-electron chi connectivity index (χ4n) is 3.94. The molecule has 1 aromatic carbocycles. The van der Waals surface area contributed by atoms with E-state index in [2.05, 4.69) is 9.80 Å². The van der Waals surface area contributed by atoms with Gasteiger partial charge in [0.25, 0.3) is 5.91 Å². The van der Waals surface area contributed by atoms with Crippen LogP contribution in [0.3, 0.4) is 0 Å². The number of carbonyl (C=O) groups is 2. The van der Waals surface area contributed by atoms with E-state index in [-0.39, 0.29) is 18.5 Å². The molecular weight excluding hydrogens is 392 g/mol. The van der Waals surface area contributed by atoms with Crippen LogP contribution in [0.25, 0.3) is 0 Å². The molecule has 3 amide bonds. The number of allylic oxidation sites excluding steroid dienone is 1. The van der Waals surface area contributed by atoms with E-state index in [1.54, 1.807) is 24.1 Å². The number of nitrogens with zero attached hydrogens (tertiary/aromatic N) is 6. The molecule has 3 aliphatic heterocycles. The second-order valence-electron chi connectivity index (χ2n) is 7.87. The van der Waals surface area contributed by atoms with Crippen molar-refractivity contribution in [1.82, 2.24) is 24.5 Å². The Balaban J connectivity index is 1.60. The second kappa shape index (κ2) is 7.35. The number of carbonyl (C=O) groups excluding carboxylic acids is 2. The number of guanidine groups is 1. The van der Waals surface area contributed by atoms with E-state index in [9.17, 15) is 9.59 Å². The number of halogens is 1. The monoisotopic (exact) mass is 416 g/mol. The predicted molar refractivity (Wildman–Crippen MR) is 111 cm³/mol. The first-order valence-electron chi connectivity index (χ1n) is 9.57. The minimum atomic E-state index is -0.550. The zero-order valence-electron chi connectivity index (χ0n) is 17.0. The number of likely N-dealkylation sites (N-methyl/N-ethyl adjacent to an activating group) is 2. The summed E-state index contributed by atoms with van der Waals surface area (Å²) in [5.74, 6) is 0.493. The molecule has 154 valence electrons. The van der Waals surface area contributed by atoms with Crippen LogP contribution in [-0.4, -0.2) is 88.8 Å². The number of rotatable bonds is 5. The van der Waals surface area contributed by atoms with Gasteiger partial charge in [0.15, 0.2) is 12.2 Å². The third-order valence-electron chi connectivity index (χ3n) is 5.50. The highest BCUT2D eigenvalue weighted by Gasteiger charge is 2.54. The molecule has 1 fully saturated rings. The SMILES string of the molecule is CC1=CN2C(=NC3C2C(=O)N(Cc2cccc(Cl)c2)C(=O)N3C)N1CCN(C)C. The number of imide groups is 1. The van der Waals surface area contributed by atoms with Crippen LogP contribution in [0.2, 0.25) is 5.02 Å². The van der Waals surface area contributed by atoms with Crippen LogP contribution < -0.4 is 0 Å². The number of fused-ring (bicyclic) bond motifs is 3. The minimum Gasteiger partial charge on any atom is -0.313 e. The Morgan fingerprint density at radius 2 is 1.97 bits per heavy atom. The van der Waals surface area contributed by atoms with Crippen molar-refractivity contribution in [2.45, 2.75) is 25.7 Å². The van der Waals surface area contributed by atoms with Crippen molar-refractivity contribution >= 4 is 29.5 Å². The van der Waals surface area contributed by atoms with Crippen LogP contribution in [-0.2, 0) is 11.3 Å². The number of benzene rings is 1. The van der Waals surface area contributed by atoms with Gasteiger partial charge in [0.1, 0.15) is 0 Å². The summed E-state index contributed by atoms with van der Waals surface area (Å²) in [5, 5.41) is 0.576. The second-order valence-corrected chi connectivity index (χ2v) is 8.30. The van der Waals surface area contributed by atoms with Crippen molar-refractivity contribution in [1.29, 1.82) is 0 Å². The number of hydrogen-bond donors (Lipinski definition) is 0. The van der Waals surface area contributed by atoms with Crippen LogP contribution in [0.15, 0.2) is 41.2 Å². The molecule has 0 saturated carbocycles. The van der Waals surface area contributed by atoms with Crippen LogP contribution in [0.4, 0.5) is 4.79 Å². The number of hydrogen-bond acceptors (Lipinski definition) is 6. The molecule has 4 rings (SSSR count). The van der Waals surface area contributed by atoms with E-state index < -0.39 is 12.2 Å². The van der Waals surface area contributed by atoms with E-state index in [1.165, 1.54) is 4.90 Å². The molecule has 2 unspecified atom stereocenters. The molecule has 0 aliphatic carbocycles. The van der Waals surface area contributed by atoms with Crippen LogP contribution in [0.5, 0.6) is 0 Å². The molecule has 8 nitrogen and oxygen atoms in total. The quantitative estimate of drug-likeness (QED) is 0.733. The predicted octanol–water partition coefficient (Wildman–Crippen LogP) is 1.84. The van der Waals surface area contributed by atoms with Crippen LogP contribution in [0.1, 0.15) is 12.5 Å². The summed E-state index contributed by atoms with van der Waals surface area (Å²) in [6.07, 6.45) is 1.44. The first kappa shape index (κ1) is 19.7. The van der Waals surface area contributed by atoms with E-state index >= 15 is 0 Å². The van der Waals surface area contributed by atoms with E-state index in [1.807, 2.05) is 44.3 Å². The van der Waals surface area contributed by atoms with Gasteiger partial charge in [-0.25, -0.2) is 9.79 Å². The highest BCUT2D eigenvalue weighted by atomic mass is 35.5. The molecule has 0 spiro atoms. The Morgan fingerprint density at radius 3 is 2.66 bits per heavy atom. The largest absolute Gasteiger partial charge is 0.328 e. The lowest BCUT2D eigenvalue weighted by Crippen LogP contribution is -2.63. The van der Waals surface area contributed by atoms with Gasteiger partial charge >= 0.3 is 6.03 Å². The summed E-state index contributed by atoms with van der Waals surface area (Å²) in [4.78, 5) is 40.0. The molecule has 3 aliphatic rings. The number of aliphatic imine (C=N–C) groups is 1. The van der Waals surface area contributed by atoms with E-state index in [4.69, 9.17) is 16.6 Å². The first-order valence-corrected chi connectivity index (χ1v) is 9.95. The average molecular weight is 417 g/mol. The molecule has 2 atom stereocenters. The van der Waals surface area contributed by atoms with Gasteiger partial charge in [-0.2, -0.15) is 0 Å². The Labute approximate surface area is 175 Å². The van der Waals surface area contributed by atoms with Gasteiger partial charge in [-0.1, -0.05) is 23.7 Å². The summed E-state index contributed by atoms with van der Waals surface area (Å²) in [5.41, 5.74) is 1.85. The van der Waals surface area contributed by atoms with Crippen molar-refractivity contribution in [2.75, 3.05) is 34.2 Å². The zero-order chi connectivity index (χ0) is 20.9. The lowest BCUT2D eigenvalue weighted by molar-refractivity contribution is -0.137. The molecule has 0 bridgehead atoms. The normalized spacial score (nSPS) is 23.7. The molecule has 1 saturated heterocycles. The highest BCUT2D eigenvalue weighted by molar-refractivity contribution is 6.30. The Hall–Kier alpha value is -2.58. The van der Waals surface area contributed by atoms with Gasteiger partial charge < -0.3 is 19.6 Å².